The molecule has 0 unspecified atom stereocenters. The van der Waals surface area contributed by atoms with E-state index in [4.69, 9.17) is 0 Å². The molecule has 2 N–H and O–H groups in total. The van der Waals surface area contributed by atoms with Crippen LogP contribution in [0.3, 0.4) is 0 Å². The molecule has 8 nitrogen and oxygen atoms in total. The number of rotatable bonds is 5. The van der Waals surface area contributed by atoms with Crippen LogP contribution in [0.2, 0.25) is 0 Å². The predicted octanol–water partition coefficient (Wildman–Crippen LogP) is 1.75. The number of nitrogens with one attached hydrogen (secondary N) is 2. The summed E-state index contributed by atoms with van der Waals surface area (Å²) in [6.07, 6.45) is 1.95. The maximum absolute atomic E-state index is 12.4. The molecule has 0 radical (unpaired) electrons. The lowest BCUT2D eigenvalue weighted by atomic mass is 9.98. The Kier molecular flexibility index (Phi) is 6.96. The number of sulfone groups is 1. The van der Waals surface area contributed by atoms with Gasteiger partial charge in [-0.3, -0.25) is 10.1 Å². The van der Waals surface area contributed by atoms with Crippen LogP contribution in [0, 0.1) is 0 Å². The van der Waals surface area contributed by atoms with Gasteiger partial charge in [-0.05, 0) is 50.2 Å². The average molecular weight is 414 g/mol. The number of piperidine rings is 1. The maximum Gasteiger partial charge on any atom is 0.258 e. The Morgan fingerprint density at radius 2 is 1.89 bits per heavy atom. The van der Waals surface area contributed by atoms with Crippen LogP contribution in [0.15, 0.2) is 29.2 Å². The highest BCUT2D eigenvalue weighted by molar-refractivity contribution is 7.91. The summed E-state index contributed by atoms with van der Waals surface area (Å²) in [5, 5.41) is 10.5. The van der Waals surface area contributed by atoms with Crippen molar-refractivity contribution in [3.8, 4) is 0 Å². The van der Waals surface area contributed by atoms with Gasteiger partial charge in [0, 0.05) is 18.5 Å². The Morgan fingerprint density at radius 3 is 2.48 bits per heavy atom. The first-order valence-corrected chi connectivity index (χ1v) is 10.3. The molecule has 27 heavy (non-hydrogen) atoms. The molecule has 3 rings (SSSR count). The summed E-state index contributed by atoms with van der Waals surface area (Å²) in [5.41, 5.74) is 0.367. The highest BCUT2D eigenvalue weighted by Crippen LogP contribution is 2.23. The van der Waals surface area contributed by atoms with E-state index in [1.54, 1.807) is 18.7 Å². The molecule has 0 aliphatic carbocycles. The molecule has 1 saturated heterocycles. The highest BCUT2D eigenvalue weighted by atomic mass is 35.5. The Hall–Kier alpha value is -1.97. The van der Waals surface area contributed by atoms with Crippen LogP contribution < -0.4 is 10.6 Å². The fourth-order valence-electron chi connectivity index (χ4n) is 2.92. The highest BCUT2D eigenvalue weighted by Gasteiger charge is 2.21. The van der Waals surface area contributed by atoms with Gasteiger partial charge in [-0.1, -0.05) is 6.92 Å². The number of benzene rings is 1. The standard InChI is InChI=1S/C17H23N5O3S.ClH/c1-3-26(24,25)14-6-4-13(5-7-14)16(23)20-17-19-15(21-22(17)2)12-8-10-18-11-9-12;/h4-7,12,18H,3,8-11H2,1-2H3,(H,19,20,21,23);1H. The smallest absolute Gasteiger partial charge is 0.258 e. The zero-order chi connectivity index (χ0) is 18.7. The minimum Gasteiger partial charge on any atom is -0.317 e. The summed E-state index contributed by atoms with van der Waals surface area (Å²) in [4.78, 5) is 17.1. The van der Waals surface area contributed by atoms with Gasteiger partial charge >= 0.3 is 0 Å². The van der Waals surface area contributed by atoms with E-state index in [1.807, 2.05) is 0 Å². The second-order valence-corrected chi connectivity index (χ2v) is 8.60. The van der Waals surface area contributed by atoms with Crippen LogP contribution in [-0.2, 0) is 16.9 Å². The minimum absolute atomic E-state index is 0. The van der Waals surface area contributed by atoms with E-state index in [-0.39, 0.29) is 29.0 Å². The zero-order valence-electron chi connectivity index (χ0n) is 15.3. The van der Waals surface area contributed by atoms with Crippen LogP contribution in [0.4, 0.5) is 5.95 Å². The first-order chi connectivity index (χ1) is 12.4. The zero-order valence-corrected chi connectivity index (χ0v) is 16.9. The SMILES string of the molecule is CCS(=O)(=O)c1ccc(C(=O)Nc2nc(C3CCNCC3)nn2C)cc1.Cl. The van der Waals surface area contributed by atoms with Gasteiger partial charge in [-0.15, -0.1) is 12.4 Å². The number of nitrogens with zero attached hydrogens (tertiary/aromatic N) is 3. The molecule has 0 atom stereocenters. The normalized spacial score (nSPS) is 15.2. The van der Waals surface area contributed by atoms with Crippen molar-refractivity contribution in [1.82, 2.24) is 20.1 Å². The Labute approximate surface area is 165 Å². The monoisotopic (exact) mass is 413 g/mol. The van der Waals surface area contributed by atoms with Crippen LogP contribution in [0.5, 0.6) is 0 Å². The molecule has 1 fully saturated rings. The molecule has 1 aliphatic heterocycles. The summed E-state index contributed by atoms with van der Waals surface area (Å²) >= 11 is 0. The van der Waals surface area contributed by atoms with Crippen molar-refractivity contribution in [3.05, 3.63) is 35.7 Å². The summed E-state index contributed by atoms with van der Waals surface area (Å²) in [5.74, 6) is 1.10. The first kappa shape index (κ1) is 21.3. The molecule has 0 spiro atoms. The average Bonchev–Trinajstić information content (AvgIpc) is 3.03. The van der Waals surface area contributed by atoms with E-state index in [0.29, 0.717) is 17.4 Å². The van der Waals surface area contributed by atoms with Crippen molar-refractivity contribution < 1.29 is 13.2 Å². The Bertz CT molecular complexity index is 890. The Balaban J connectivity index is 0.00000261. The number of carbonyl (C=O) groups excluding carboxylic acids is 1. The Morgan fingerprint density at radius 1 is 1.26 bits per heavy atom. The molecule has 2 aromatic rings. The number of anilines is 1. The number of amides is 1. The minimum atomic E-state index is -3.28. The fourth-order valence-corrected chi connectivity index (χ4v) is 3.80. The third-order valence-electron chi connectivity index (χ3n) is 4.56. The largest absolute Gasteiger partial charge is 0.317 e. The summed E-state index contributed by atoms with van der Waals surface area (Å²) < 4.78 is 25.2. The third-order valence-corrected chi connectivity index (χ3v) is 6.32. The summed E-state index contributed by atoms with van der Waals surface area (Å²) in [6, 6.07) is 5.90. The lowest BCUT2D eigenvalue weighted by Gasteiger charge is -2.19. The second-order valence-electron chi connectivity index (χ2n) is 6.32. The van der Waals surface area contributed by atoms with Crippen molar-refractivity contribution in [3.63, 3.8) is 0 Å². The maximum atomic E-state index is 12.4. The van der Waals surface area contributed by atoms with Crippen LogP contribution in [0.25, 0.3) is 0 Å². The molecular weight excluding hydrogens is 390 g/mol. The van der Waals surface area contributed by atoms with E-state index >= 15 is 0 Å². The van der Waals surface area contributed by atoms with Gasteiger partial charge in [-0.25, -0.2) is 13.1 Å². The quantitative estimate of drug-likeness (QED) is 0.773. The van der Waals surface area contributed by atoms with Gasteiger partial charge in [0.25, 0.3) is 5.91 Å². The van der Waals surface area contributed by atoms with Gasteiger partial charge in [0.1, 0.15) is 0 Å². The lowest BCUT2D eigenvalue weighted by Crippen LogP contribution is -2.27. The number of aryl methyl sites for hydroxylation is 1. The molecule has 1 aliphatic rings. The van der Waals surface area contributed by atoms with E-state index < -0.39 is 9.84 Å². The van der Waals surface area contributed by atoms with Crippen molar-refractivity contribution in [2.24, 2.45) is 7.05 Å². The number of halogens is 1. The summed E-state index contributed by atoms with van der Waals surface area (Å²) in [6.45, 7) is 3.47. The van der Waals surface area contributed by atoms with Gasteiger partial charge < -0.3 is 5.32 Å². The van der Waals surface area contributed by atoms with Crippen LogP contribution in [0.1, 0.15) is 41.9 Å². The molecule has 2 heterocycles. The van der Waals surface area contributed by atoms with E-state index in [0.717, 1.165) is 31.8 Å². The molecule has 1 aromatic carbocycles. The molecular formula is C17H24ClN5O3S. The molecule has 148 valence electrons. The van der Waals surface area contributed by atoms with Crippen LogP contribution in [-0.4, -0.2) is 47.9 Å². The molecule has 1 aromatic heterocycles. The number of aromatic nitrogens is 3. The van der Waals surface area contributed by atoms with Crippen molar-refractivity contribution >= 4 is 34.1 Å². The fraction of sp³-hybridized carbons (Fsp3) is 0.471. The van der Waals surface area contributed by atoms with E-state index in [9.17, 15) is 13.2 Å². The number of carbonyl (C=O) groups is 1. The van der Waals surface area contributed by atoms with E-state index in [1.165, 1.54) is 24.3 Å². The third kappa shape index (κ3) is 4.85. The summed E-state index contributed by atoms with van der Waals surface area (Å²) in [7, 11) is -1.54. The van der Waals surface area contributed by atoms with Gasteiger partial charge in [0.2, 0.25) is 5.95 Å². The predicted molar refractivity (Wildman–Crippen MR) is 105 cm³/mol. The molecule has 0 bridgehead atoms. The molecule has 10 heteroatoms. The van der Waals surface area contributed by atoms with Crippen molar-refractivity contribution in [1.29, 1.82) is 0 Å². The molecule has 1 amide bonds. The van der Waals surface area contributed by atoms with E-state index in [2.05, 4.69) is 20.7 Å². The van der Waals surface area contributed by atoms with Gasteiger partial charge in [-0.2, -0.15) is 10.1 Å². The first-order valence-electron chi connectivity index (χ1n) is 8.66. The number of hydrogen-bond acceptors (Lipinski definition) is 6. The van der Waals surface area contributed by atoms with Gasteiger partial charge in [0.05, 0.1) is 10.6 Å². The topological polar surface area (TPSA) is 106 Å². The van der Waals surface area contributed by atoms with Crippen LogP contribution >= 0.6 is 12.4 Å². The lowest BCUT2D eigenvalue weighted by molar-refractivity contribution is 0.102. The molecule has 0 saturated carbocycles. The van der Waals surface area contributed by atoms with Gasteiger partial charge in [0.15, 0.2) is 15.7 Å². The van der Waals surface area contributed by atoms with Crippen molar-refractivity contribution in [2.45, 2.75) is 30.6 Å². The van der Waals surface area contributed by atoms with Crippen molar-refractivity contribution in [2.75, 3.05) is 24.2 Å². The second kappa shape index (κ2) is 8.81. The number of hydrogen-bond donors (Lipinski definition) is 2.